The third kappa shape index (κ3) is 3.89. The predicted octanol–water partition coefficient (Wildman–Crippen LogP) is 3.91. The van der Waals surface area contributed by atoms with Crippen molar-refractivity contribution >= 4 is 5.78 Å². The average Bonchev–Trinajstić information content (AvgIpc) is 2.47. The van der Waals surface area contributed by atoms with E-state index >= 15 is 0 Å². The summed E-state index contributed by atoms with van der Waals surface area (Å²) >= 11 is 0. The smallest absolute Gasteiger partial charge is 0.176 e. The lowest BCUT2D eigenvalue weighted by Crippen LogP contribution is -2.38. The van der Waals surface area contributed by atoms with Crippen molar-refractivity contribution in [3.8, 4) is 0 Å². The number of hydrogen-bond donors (Lipinski definition) is 0. The quantitative estimate of drug-likeness (QED) is 0.761. The van der Waals surface area contributed by atoms with Gasteiger partial charge in [-0.3, -0.25) is 9.69 Å². The van der Waals surface area contributed by atoms with E-state index in [1.807, 2.05) is 7.05 Å². The highest BCUT2D eigenvalue weighted by Gasteiger charge is 2.24. The molecule has 1 aliphatic rings. The molecule has 0 radical (unpaired) electrons. The number of Topliss-reactive ketones (excluding diaryl/α,β-unsaturated/α-hetero) is 1. The van der Waals surface area contributed by atoms with Gasteiger partial charge in [0.25, 0.3) is 0 Å². The summed E-state index contributed by atoms with van der Waals surface area (Å²) in [4.78, 5) is 14.3. The summed E-state index contributed by atoms with van der Waals surface area (Å²) in [6, 6.07) is 6.47. The third-order valence-corrected chi connectivity index (χ3v) is 4.56. The molecule has 0 bridgehead atoms. The molecule has 110 valence electrons. The van der Waals surface area contributed by atoms with Crippen molar-refractivity contribution in [1.82, 2.24) is 4.90 Å². The summed E-state index contributed by atoms with van der Waals surface area (Å²) in [6.45, 7) is 2.63. The summed E-state index contributed by atoms with van der Waals surface area (Å²) < 4.78 is 13.1. The van der Waals surface area contributed by atoms with Crippen LogP contribution < -0.4 is 0 Å². The molecule has 0 N–H and O–H groups in total. The standard InChI is InChI=1S/C17H24FNO/c1-3-13-7-9-16(10-8-13)19(2)12-17(20)14-5-4-6-15(18)11-14/h4-6,11,13,16H,3,7-10,12H2,1-2H3. The fourth-order valence-corrected chi connectivity index (χ4v) is 3.10. The lowest BCUT2D eigenvalue weighted by molar-refractivity contribution is 0.0884. The van der Waals surface area contributed by atoms with Gasteiger partial charge in [0.15, 0.2) is 5.78 Å². The maximum absolute atomic E-state index is 13.1. The van der Waals surface area contributed by atoms with Crippen LogP contribution in [0.2, 0.25) is 0 Å². The van der Waals surface area contributed by atoms with Gasteiger partial charge in [-0.1, -0.05) is 25.5 Å². The Hall–Kier alpha value is -1.22. The first-order valence-corrected chi connectivity index (χ1v) is 7.59. The minimum Gasteiger partial charge on any atom is -0.296 e. The number of likely N-dealkylation sites (N-methyl/N-ethyl adjacent to an activating group) is 1. The van der Waals surface area contributed by atoms with Crippen LogP contribution in [0, 0.1) is 11.7 Å². The van der Waals surface area contributed by atoms with E-state index in [-0.39, 0.29) is 11.6 Å². The molecule has 2 nitrogen and oxygen atoms in total. The molecule has 0 saturated heterocycles. The Balaban J connectivity index is 1.88. The Morgan fingerprint density at radius 1 is 1.30 bits per heavy atom. The molecule has 3 heteroatoms. The largest absolute Gasteiger partial charge is 0.296 e. The van der Waals surface area contributed by atoms with Gasteiger partial charge in [0.2, 0.25) is 0 Å². The fourth-order valence-electron chi connectivity index (χ4n) is 3.10. The van der Waals surface area contributed by atoms with Crippen LogP contribution in [0.25, 0.3) is 0 Å². The van der Waals surface area contributed by atoms with Crippen molar-refractivity contribution in [2.45, 2.75) is 45.1 Å². The van der Waals surface area contributed by atoms with E-state index in [2.05, 4.69) is 11.8 Å². The molecule has 0 aromatic heterocycles. The SMILES string of the molecule is CCC1CCC(N(C)CC(=O)c2cccc(F)c2)CC1. The predicted molar refractivity (Wildman–Crippen MR) is 79.4 cm³/mol. The summed E-state index contributed by atoms with van der Waals surface area (Å²) in [5.41, 5.74) is 0.471. The van der Waals surface area contributed by atoms with Crippen molar-refractivity contribution in [2.75, 3.05) is 13.6 Å². The van der Waals surface area contributed by atoms with E-state index in [0.29, 0.717) is 18.2 Å². The van der Waals surface area contributed by atoms with Crippen LogP contribution in [-0.2, 0) is 0 Å². The van der Waals surface area contributed by atoms with Gasteiger partial charge in [-0.25, -0.2) is 4.39 Å². The molecule has 1 saturated carbocycles. The summed E-state index contributed by atoms with van der Waals surface area (Å²) in [6.07, 6.45) is 6.13. The van der Waals surface area contributed by atoms with Crippen LogP contribution in [0.4, 0.5) is 4.39 Å². The van der Waals surface area contributed by atoms with Crippen LogP contribution in [0.3, 0.4) is 0 Å². The second-order valence-corrected chi connectivity index (χ2v) is 5.93. The molecule has 1 aromatic rings. The first-order valence-electron chi connectivity index (χ1n) is 7.59. The topological polar surface area (TPSA) is 20.3 Å². The Kier molecular flexibility index (Phi) is 5.30. The number of rotatable bonds is 5. The van der Waals surface area contributed by atoms with Gasteiger partial charge in [0, 0.05) is 11.6 Å². The monoisotopic (exact) mass is 277 g/mol. The third-order valence-electron chi connectivity index (χ3n) is 4.56. The van der Waals surface area contributed by atoms with E-state index in [0.717, 1.165) is 5.92 Å². The second kappa shape index (κ2) is 6.98. The second-order valence-electron chi connectivity index (χ2n) is 5.93. The molecule has 0 unspecified atom stereocenters. The normalized spacial score (nSPS) is 23.0. The molecule has 20 heavy (non-hydrogen) atoms. The molecule has 0 spiro atoms. The molecule has 0 amide bonds. The summed E-state index contributed by atoms with van der Waals surface area (Å²) in [7, 11) is 2.01. The number of benzene rings is 1. The van der Waals surface area contributed by atoms with Crippen molar-refractivity contribution in [3.05, 3.63) is 35.6 Å². The zero-order valence-electron chi connectivity index (χ0n) is 12.4. The van der Waals surface area contributed by atoms with E-state index < -0.39 is 0 Å². The van der Waals surface area contributed by atoms with Gasteiger partial charge < -0.3 is 0 Å². The van der Waals surface area contributed by atoms with Gasteiger partial charge in [0.1, 0.15) is 5.82 Å². The number of carbonyl (C=O) groups excluding carboxylic acids is 1. The van der Waals surface area contributed by atoms with E-state index in [1.54, 1.807) is 12.1 Å². The minimum absolute atomic E-state index is 0.00427. The molecule has 1 fully saturated rings. The van der Waals surface area contributed by atoms with E-state index in [9.17, 15) is 9.18 Å². The Morgan fingerprint density at radius 2 is 2.00 bits per heavy atom. The molecule has 1 aromatic carbocycles. The Labute approximate surface area is 121 Å². The first-order chi connectivity index (χ1) is 9.60. The molecule has 0 heterocycles. The maximum atomic E-state index is 13.1. The van der Waals surface area contributed by atoms with Crippen molar-refractivity contribution < 1.29 is 9.18 Å². The van der Waals surface area contributed by atoms with Gasteiger partial charge in [0.05, 0.1) is 6.54 Å². The molecule has 2 rings (SSSR count). The van der Waals surface area contributed by atoms with Crippen LogP contribution in [0.1, 0.15) is 49.4 Å². The highest BCUT2D eigenvalue weighted by molar-refractivity contribution is 5.97. The van der Waals surface area contributed by atoms with Gasteiger partial charge in [-0.05, 0) is 50.8 Å². The molecule has 0 atom stereocenters. The number of carbonyl (C=O) groups is 1. The average molecular weight is 277 g/mol. The van der Waals surface area contributed by atoms with Crippen molar-refractivity contribution in [3.63, 3.8) is 0 Å². The summed E-state index contributed by atoms with van der Waals surface area (Å²) in [5, 5.41) is 0. The maximum Gasteiger partial charge on any atom is 0.176 e. The van der Waals surface area contributed by atoms with Crippen LogP contribution in [-0.4, -0.2) is 30.3 Å². The molecular weight excluding hydrogens is 253 g/mol. The molecule has 0 aliphatic heterocycles. The molecular formula is C17H24FNO. The van der Waals surface area contributed by atoms with Crippen LogP contribution in [0.5, 0.6) is 0 Å². The van der Waals surface area contributed by atoms with E-state index in [4.69, 9.17) is 0 Å². The van der Waals surface area contributed by atoms with Crippen molar-refractivity contribution in [1.29, 1.82) is 0 Å². The van der Waals surface area contributed by atoms with Crippen LogP contribution >= 0.6 is 0 Å². The van der Waals surface area contributed by atoms with Gasteiger partial charge >= 0.3 is 0 Å². The molecule has 1 aliphatic carbocycles. The lowest BCUT2D eigenvalue weighted by atomic mass is 9.84. The van der Waals surface area contributed by atoms with Crippen molar-refractivity contribution in [2.24, 2.45) is 5.92 Å². The number of hydrogen-bond acceptors (Lipinski definition) is 2. The fraction of sp³-hybridized carbons (Fsp3) is 0.588. The Bertz CT molecular complexity index is 452. The number of halogens is 1. The number of nitrogens with zero attached hydrogens (tertiary/aromatic N) is 1. The highest BCUT2D eigenvalue weighted by Crippen LogP contribution is 2.28. The van der Waals surface area contributed by atoms with Crippen LogP contribution in [0.15, 0.2) is 24.3 Å². The zero-order chi connectivity index (χ0) is 14.5. The lowest BCUT2D eigenvalue weighted by Gasteiger charge is -2.34. The summed E-state index contributed by atoms with van der Waals surface area (Å²) in [5.74, 6) is 0.519. The zero-order valence-corrected chi connectivity index (χ0v) is 12.4. The number of ketones is 1. The first kappa shape index (κ1) is 15.2. The Morgan fingerprint density at radius 3 is 2.60 bits per heavy atom. The minimum atomic E-state index is -0.345. The van der Waals surface area contributed by atoms with Gasteiger partial charge in [-0.2, -0.15) is 0 Å². The highest BCUT2D eigenvalue weighted by atomic mass is 19.1. The van der Waals surface area contributed by atoms with Gasteiger partial charge in [-0.15, -0.1) is 0 Å². The van der Waals surface area contributed by atoms with E-state index in [1.165, 1.54) is 44.2 Å².